The van der Waals surface area contributed by atoms with E-state index in [0.717, 1.165) is 44.3 Å². The highest BCUT2D eigenvalue weighted by Crippen LogP contribution is 2.35. The van der Waals surface area contributed by atoms with Crippen molar-refractivity contribution in [2.45, 2.75) is 128 Å². The van der Waals surface area contributed by atoms with Crippen molar-refractivity contribution in [1.82, 2.24) is 5.32 Å². The monoisotopic (exact) mass is 443 g/mol. The van der Waals surface area contributed by atoms with Gasteiger partial charge in [0.05, 0.1) is 0 Å². The van der Waals surface area contributed by atoms with Gasteiger partial charge in [0.25, 0.3) is 0 Å². The molecule has 1 fully saturated rings. The molecule has 0 amide bonds. The summed E-state index contributed by atoms with van der Waals surface area (Å²) in [7, 11) is 0. The molecule has 182 valence electrons. The quantitative estimate of drug-likeness (QED) is 0.184. The molecule has 1 heterocycles. The van der Waals surface area contributed by atoms with Crippen LogP contribution in [0.2, 0.25) is 0 Å². The van der Waals surface area contributed by atoms with Gasteiger partial charge in [0.15, 0.2) is 0 Å². The van der Waals surface area contributed by atoms with Gasteiger partial charge < -0.3 is 10.1 Å². The zero-order valence-corrected chi connectivity index (χ0v) is 20.8. The van der Waals surface area contributed by atoms with E-state index < -0.39 is 5.60 Å². The van der Waals surface area contributed by atoms with E-state index in [1.54, 1.807) is 0 Å². The topological polar surface area (TPSA) is 38.3 Å². The van der Waals surface area contributed by atoms with Crippen LogP contribution in [-0.2, 0) is 15.1 Å². The molecule has 0 atom stereocenters. The second-order valence-electron chi connectivity index (χ2n) is 9.78. The third kappa shape index (κ3) is 11.0. The average Bonchev–Trinajstić information content (AvgIpc) is 2.82. The number of hydrogen-bond acceptors (Lipinski definition) is 3. The molecule has 3 nitrogen and oxygen atoms in total. The van der Waals surface area contributed by atoms with Crippen molar-refractivity contribution in [3.05, 3.63) is 35.9 Å². The van der Waals surface area contributed by atoms with Gasteiger partial charge in [-0.1, -0.05) is 127 Å². The summed E-state index contributed by atoms with van der Waals surface area (Å²) in [5.41, 5.74) is 0.713. The number of benzene rings is 1. The minimum atomic E-state index is -0.431. The minimum absolute atomic E-state index is 0.0227. The first-order chi connectivity index (χ1) is 15.8. The third-order valence-corrected chi connectivity index (χ3v) is 7.00. The first-order valence-electron chi connectivity index (χ1n) is 13.7. The summed E-state index contributed by atoms with van der Waals surface area (Å²) in [5.74, 6) is -0.0227. The highest BCUT2D eigenvalue weighted by atomic mass is 16.6. The number of esters is 1. The van der Waals surface area contributed by atoms with Crippen LogP contribution in [-0.4, -0.2) is 19.1 Å². The van der Waals surface area contributed by atoms with E-state index in [0.29, 0.717) is 6.42 Å². The first-order valence-corrected chi connectivity index (χ1v) is 13.7. The molecule has 1 saturated heterocycles. The van der Waals surface area contributed by atoms with Gasteiger partial charge in [0.2, 0.25) is 0 Å². The van der Waals surface area contributed by atoms with Crippen LogP contribution < -0.4 is 5.32 Å². The Kier molecular flexibility index (Phi) is 14.4. The van der Waals surface area contributed by atoms with E-state index in [2.05, 4.69) is 24.4 Å². The molecule has 1 aliphatic heterocycles. The van der Waals surface area contributed by atoms with E-state index >= 15 is 0 Å². The second-order valence-corrected chi connectivity index (χ2v) is 9.78. The number of carbonyl (C=O) groups is 1. The molecule has 0 bridgehead atoms. The molecule has 0 aromatic heterocycles. The van der Waals surface area contributed by atoms with Crippen molar-refractivity contribution in [2.24, 2.45) is 0 Å². The Morgan fingerprint density at radius 1 is 0.750 bits per heavy atom. The van der Waals surface area contributed by atoms with Crippen LogP contribution in [0.5, 0.6) is 0 Å². The molecule has 32 heavy (non-hydrogen) atoms. The summed E-state index contributed by atoms with van der Waals surface area (Å²) in [6.07, 6.45) is 22.4. The average molecular weight is 444 g/mol. The van der Waals surface area contributed by atoms with Crippen molar-refractivity contribution >= 4 is 5.97 Å². The number of unbranched alkanes of at least 4 members (excludes halogenated alkanes) is 14. The molecule has 1 N–H and O–H groups in total. The zero-order chi connectivity index (χ0) is 22.7. The van der Waals surface area contributed by atoms with Gasteiger partial charge in [0, 0.05) is 19.3 Å². The molecular weight excluding hydrogens is 394 g/mol. The Hall–Kier alpha value is -1.35. The zero-order valence-electron chi connectivity index (χ0n) is 20.8. The van der Waals surface area contributed by atoms with E-state index in [1.807, 2.05) is 18.2 Å². The van der Waals surface area contributed by atoms with Crippen molar-refractivity contribution in [2.75, 3.05) is 13.1 Å². The number of ether oxygens (including phenoxy) is 1. The standard InChI is InChI=1S/C29H49NO2/c1-2-3-4-5-6-7-8-9-10-11-12-13-14-15-19-22-28(31)32-29(23-25-30-26-24-29)27-20-17-16-18-21-27/h16-18,20-21,30H,2-15,19,22-26H2,1H3. The molecule has 0 saturated carbocycles. The summed E-state index contributed by atoms with van der Waals surface area (Å²) in [5, 5.41) is 3.39. The van der Waals surface area contributed by atoms with Crippen molar-refractivity contribution < 1.29 is 9.53 Å². The smallest absolute Gasteiger partial charge is 0.306 e. The number of carbonyl (C=O) groups excluding carboxylic acids is 1. The molecular formula is C29H49NO2. The Bertz CT molecular complexity index is 580. The lowest BCUT2D eigenvalue weighted by Crippen LogP contribution is -2.43. The molecule has 2 rings (SSSR count). The van der Waals surface area contributed by atoms with Gasteiger partial charge in [-0.2, -0.15) is 0 Å². The number of nitrogens with one attached hydrogen (secondary N) is 1. The summed E-state index contributed by atoms with van der Waals surface area (Å²) in [4.78, 5) is 12.6. The lowest BCUT2D eigenvalue weighted by Gasteiger charge is -2.37. The summed E-state index contributed by atoms with van der Waals surface area (Å²) >= 11 is 0. The molecule has 0 radical (unpaired) electrons. The fourth-order valence-electron chi connectivity index (χ4n) is 4.93. The molecule has 0 unspecified atom stereocenters. The number of piperidine rings is 1. The Morgan fingerprint density at radius 3 is 1.72 bits per heavy atom. The van der Waals surface area contributed by atoms with Crippen LogP contribution in [0.4, 0.5) is 0 Å². The highest BCUT2D eigenvalue weighted by Gasteiger charge is 2.37. The molecule has 1 aromatic rings. The van der Waals surface area contributed by atoms with Crippen LogP contribution in [0.3, 0.4) is 0 Å². The molecule has 1 aromatic carbocycles. The van der Waals surface area contributed by atoms with Crippen LogP contribution in [0, 0.1) is 0 Å². The van der Waals surface area contributed by atoms with Crippen LogP contribution in [0.1, 0.15) is 128 Å². The molecule has 3 heteroatoms. The third-order valence-electron chi connectivity index (χ3n) is 7.00. The van der Waals surface area contributed by atoms with Gasteiger partial charge >= 0.3 is 5.97 Å². The largest absolute Gasteiger partial charge is 0.454 e. The predicted octanol–water partition coefficient (Wildman–Crippen LogP) is 8.07. The van der Waals surface area contributed by atoms with Gasteiger partial charge in [-0.25, -0.2) is 0 Å². The number of hydrogen-bond donors (Lipinski definition) is 1. The Balaban J connectivity index is 1.46. The van der Waals surface area contributed by atoms with E-state index in [9.17, 15) is 4.79 Å². The van der Waals surface area contributed by atoms with E-state index in [-0.39, 0.29) is 5.97 Å². The van der Waals surface area contributed by atoms with Gasteiger partial charge in [-0.15, -0.1) is 0 Å². The number of rotatable bonds is 18. The van der Waals surface area contributed by atoms with Crippen molar-refractivity contribution in [3.8, 4) is 0 Å². The second kappa shape index (κ2) is 17.2. The summed E-state index contributed by atoms with van der Waals surface area (Å²) in [6.45, 7) is 4.09. The summed E-state index contributed by atoms with van der Waals surface area (Å²) < 4.78 is 6.11. The highest BCUT2D eigenvalue weighted by molar-refractivity contribution is 5.70. The SMILES string of the molecule is CCCCCCCCCCCCCCCCCC(=O)OC1(c2ccccc2)CCNCC1. The van der Waals surface area contributed by atoms with Crippen molar-refractivity contribution in [1.29, 1.82) is 0 Å². The fraction of sp³-hybridized carbons (Fsp3) is 0.759. The maximum atomic E-state index is 12.6. The van der Waals surface area contributed by atoms with Gasteiger partial charge in [-0.05, 0) is 25.1 Å². The fourth-order valence-corrected chi connectivity index (χ4v) is 4.93. The lowest BCUT2D eigenvalue weighted by atomic mass is 9.84. The molecule has 1 aliphatic rings. The van der Waals surface area contributed by atoms with Crippen LogP contribution in [0.25, 0.3) is 0 Å². The maximum absolute atomic E-state index is 12.6. The normalized spacial score (nSPS) is 15.5. The Labute approximate surface area is 198 Å². The maximum Gasteiger partial charge on any atom is 0.306 e. The first kappa shape index (κ1) is 26.9. The van der Waals surface area contributed by atoms with Crippen molar-refractivity contribution in [3.63, 3.8) is 0 Å². The Morgan fingerprint density at radius 2 is 1.22 bits per heavy atom. The van der Waals surface area contributed by atoms with Crippen LogP contribution >= 0.6 is 0 Å². The minimum Gasteiger partial charge on any atom is -0.454 e. The summed E-state index contributed by atoms with van der Waals surface area (Å²) in [6, 6.07) is 10.3. The van der Waals surface area contributed by atoms with Gasteiger partial charge in [0.1, 0.15) is 5.60 Å². The van der Waals surface area contributed by atoms with Crippen LogP contribution in [0.15, 0.2) is 30.3 Å². The molecule has 0 aliphatic carbocycles. The molecule has 0 spiro atoms. The predicted molar refractivity (Wildman–Crippen MR) is 136 cm³/mol. The van der Waals surface area contributed by atoms with E-state index in [4.69, 9.17) is 4.74 Å². The lowest BCUT2D eigenvalue weighted by molar-refractivity contribution is -0.164. The van der Waals surface area contributed by atoms with Gasteiger partial charge in [-0.3, -0.25) is 4.79 Å². The van der Waals surface area contributed by atoms with E-state index in [1.165, 1.54) is 83.5 Å².